The number of nitrogens with zero attached hydrogens (tertiary/aromatic N) is 2. The summed E-state index contributed by atoms with van der Waals surface area (Å²) in [6, 6.07) is 10.3. The topological polar surface area (TPSA) is 101 Å². The van der Waals surface area contributed by atoms with E-state index in [0.717, 1.165) is 17.4 Å². The fourth-order valence-electron chi connectivity index (χ4n) is 2.47. The van der Waals surface area contributed by atoms with Crippen LogP contribution in [0, 0.1) is 6.92 Å². The van der Waals surface area contributed by atoms with Crippen molar-refractivity contribution in [2.24, 2.45) is 0 Å². The second kappa shape index (κ2) is 8.26. The minimum Gasteiger partial charge on any atom is -0.302 e. The summed E-state index contributed by atoms with van der Waals surface area (Å²) < 4.78 is 24.9. The molecule has 1 aromatic carbocycles. The first-order valence-corrected chi connectivity index (χ1v) is 11.3. The van der Waals surface area contributed by atoms with Gasteiger partial charge in [-0.25, -0.2) is 18.4 Å². The van der Waals surface area contributed by atoms with E-state index >= 15 is 0 Å². The molecule has 3 rings (SSSR count). The number of halogens is 1. The molecule has 2 N–H and O–H groups in total. The van der Waals surface area contributed by atoms with Crippen LogP contribution in [0.2, 0.25) is 5.15 Å². The Morgan fingerprint density at radius 3 is 2.50 bits per heavy atom. The molecule has 0 atom stereocenters. The summed E-state index contributed by atoms with van der Waals surface area (Å²) in [5, 5.41) is 5.48. The minimum atomic E-state index is -3.32. The third kappa shape index (κ3) is 5.51. The third-order valence-corrected chi connectivity index (χ3v) is 5.32. The van der Waals surface area contributed by atoms with Crippen molar-refractivity contribution in [1.82, 2.24) is 9.97 Å². The van der Waals surface area contributed by atoms with E-state index in [1.54, 1.807) is 43.3 Å². The van der Waals surface area contributed by atoms with Gasteiger partial charge >= 0.3 is 0 Å². The van der Waals surface area contributed by atoms with Crippen LogP contribution in [-0.2, 0) is 21.2 Å². The summed E-state index contributed by atoms with van der Waals surface area (Å²) in [7, 11) is -3.32. The lowest BCUT2D eigenvalue weighted by atomic mass is 10.1. The van der Waals surface area contributed by atoms with Crippen molar-refractivity contribution >= 4 is 49.7 Å². The number of pyridine rings is 1. The fraction of sp³-hybridized carbons (Fsp3) is 0.167. The van der Waals surface area contributed by atoms with Crippen molar-refractivity contribution < 1.29 is 13.2 Å². The molecule has 1 amide bonds. The molecule has 146 valence electrons. The maximum atomic E-state index is 12.3. The van der Waals surface area contributed by atoms with Crippen molar-refractivity contribution in [3.63, 3.8) is 0 Å². The van der Waals surface area contributed by atoms with Crippen LogP contribution in [0.25, 0.3) is 11.3 Å². The van der Waals surface area contributed by atoms with Gasteiger partial charge in [-0.15, -0.1) is 11.3 Å². The number of hydrogen-bond acceptors (Lipinski definition) is 6. The van der Waals surface area contributed by atoms with Gasteiger partial charge in [0.05, 0.1) is 18.4 Å². The maximum Gasteiger partial charge on any atom is 0.230 e. The maximum absolute atomic E-state index is 12.3. The predicted octanol–water partition coefficient (Wildman–Crippen LogP) is 3.72. The second-order valence-corrected chi connectivity index (χ2v) is 9.09. The number of rotatable bonds is 6. The average molecular weight is 437 g/mol. The first kappa shape index (κ1) is 20.2. The molecule has 0 saturated heterocycles. The molecule has 0 fully saturated rings. The van der Waals surface area contributed by atoms with Crippen molar-refractivity contribution in [1.29, 1.82) is 0 Å². The number of aryl methyl sites for hydroxylation is 1. The predicted molar refractivity (Wildman–Crippen MR) is 112 cm³/mol. The molecular formula is C18H17ClN4O3S2. The molecule has 7 nitrogen and oxygen atoms in total. The number of benzene rings is 1. The Hall–Kier alpha value is -2.49. The highest BCUT2D eigenvalue weighted by atomic mass is 35.5. The summed E-state index contributed by atoms with van der Waals surface area (Å²) in [6.45, 7) is 1.80. The molecular weight excluding hydrogens is 420 g/mol. The molecule has 0 saturated carbocycles. The lowest BCUT2D eigenvalue weighted by Crippen LogP contribution is -2.15. The van der Waals surface area contributed by atoms with Crippen LogP contribution >= 0.6 is 22.9 Å². The smallest absolute Gasteiger partial charge is 0.230 e. The third-order valence-electron chi connectivity index (χ3n) is 3.75. The SMILES string of the molecule is Cc1nc(Cl)ccc1CC(=O)Nc1nc(-c2ccc(NS(C)(=O)=O)cc2)cs1. The number of sulfonamides is 1. The molecule has 0 radical (unpaired) electrons. The van der Waals surface area contributed by atoms with E-state index in [1.165, 1.54) is 11.3 Å². The molecule has 2 heterocycles. The van der Waals surface area contributed by atoms with Gasteiger partial charge in [0.15, 0.2) is 5.13 Å². The van der Waals surface area contributed by atoms with Gasteiger partial charge in [0.25, 0.3) is 0 Å². The van der Waals surface area contributed by atoms with Gasteiger partial charge in [0.2, 0.25) is 15.9 Å². The van der Waals surface area contributed by atoms with E-state index < -0.39 is 10.0 Å². The van der Waals surface area contributed by atoms with E-state index in [-0.39, 0.29) is 12.3 Å². The average Bonchev–Trinajstić information content (AvgIpc) is 3.05. The van der Waals surface area contributed by atoms with Gasteiger partial charge in [0.1, 0.15) is 5.15 Å². The van der Waals surface area contributed by atoms with E-state index in [2.05, 4.69) is 20.0 Å². The first-order chi connectivity index (χ1) is 13.2. The number of hydrogen-bond donors (Lipinski definition) is 2. The summed E-state index contributed by atoms with van der Waals surface area (Å²) in [5.41, 5.74) is 3.49. The summed E-state index contributed by atoms with van der Waals surface area (Å²) in [6.07, 6.45) is 1.27. The second-order valence-electron chi connectivity index (χ2n) is 6.09. The van der Waals surface area contributed by atoms with Crippen molar-refractivity contribution in [2.45, 2.75) is 13.3 Å². The molecule has 0 unspecified atom stereocenters. The van der Waals surface area contributed by atoms with Crippen LogP contribution in [0.1, 0.15) is 11.3 Å². The molecule has 2 aromatic heterocycles. The van der Waals surface area contributed by atoms with Gasteiger partial charge in [0, 0.05) is 22.3 Å². The highest BCUT2D eigenvalue weighted by molar-refractivity contribution is 7.92. The molecule has 0 spiro atoms. The monoisotopic (exact) mass is 436 g/mol. The highest BCUT2D eigenvalue weighted by Crippen LogP contribution is 2.26. The van der Waals surface area contributed by atoms with Crippen LogP contribution in [0.5, 0.6) is 0 Å². The normalized spacial score (nSPS) is 11.2. The number of thiazole rings is 1. The van der Waals surface area contributed by atoms with Crippen molar-refractivity contribution in [2.75, 3.05) is 16.3 Å². The standard InChI is InChI=1S/C18H17ClN4O3S2/c1-11-13(5-8-16(19)20-11)9-17(24)22-18-21-15(10-27-18)12-3-6-14(7-4-12)23-28(2,25)26/h3-8,10,23H,9H2,1-2H3,(H,21,22,24). The number of carbonyl (C=O) groups excluding carboxylic acids is 1. The van der Waals surface area contributed by atoms with Gasteiger partial charge in [-0.1, -0.05) is 29.8 Å². The Balaban J connectivity index is 1.66. The van der Waals surface area contributed by atoms with Crippen LogP contribution in [0.3, 0.4) is 0 Å². The molecule has 0 aliphatic heterocycles. The molecule has 0 bridgehead atoms. The lowest BCUT2D eigenvalue weighted by molar-refractivity contribution is -0.115. The minimum absolute atomic E-state index is 0.177. The number of amides is 1. The lowest BCUT2D eigenvalue weighted by Gasteiger charge is -2.05. The Bertz CT molecular complexity index is 1110. The number of carbonyl (C=O) groups is 1. The van der Waals surface area contributed by atoms with E-state index in [9.17, 15) is 13.2 Å². The zero-order valence-corrected chi connectivity index (χ0v) is 17.5. The quantitative estimate of drug-likeness (QED) is 0.573. The van der Waals surface area contributed by atoms with Gasteiger partial charge in [-0.05, 0) is 30.7 Å². The Morgan fingerprint density at radius 1 is 1.14 bits per heavy atom. The van der Waals surface area contributed by atoms with Gasteiger partial charge < -0.3 is 5.32 Å². The number of anilines is 2. The van der Waals surface area contributed by atoms with Crippen molar-refractivity contribution in [3.05, 3.63) is 58.2 Å². The molecule has 0 aliphatic carbocycles. The van der Waals surface area contributed by atoms with E-state index in [0.29, 0.717) is 27.4 Å². The number of aromatic nitrogens is 2. The Kier molecular flexibility index (Phi) is 5.97. The number of nitrogens with one attached hydrogen (secondary N) is 2. The molecule has 10 heteroatoms. The largest absolute Gasteiger partial charge is 0.302 e. The first-order valence-electron chi connectivity index (χ1n) is 8.15. The molecule has 0 aliphatic rings. The highest BCUT2D eigenvalue weighted by Gasteiger charge is 2.11. The van der Waals surface area contributed by atoms with Gasteiger partial charge in [-0.2, -0.15) is 0 Å². The van der Waals surface area contributed by atoms with E-state index in [4.69, 9.17) is 11.6 Å². The van der Waals surface area contributed by atoms with Crippen LogP contribution in [-0.4, -0.2) is 30.5 Å². The van der Waals surface area contributed by atoms with Crippen LogP contribution in [0.15, 0.2) is 41.8 Å². The Labute approximate surface area is 171 Å². The molecule has 3 aromatic rings. The zero-order chi connectivity index (χ0) is 20.3. The van der Waals surface area contributed by atoms with Crippen LogP contribution in [0.4, 0.5) is 10.8 Å². The van der Waals surface area contributed by atoms with Crippen molar-refractivity contribution in [3.8, 4) is 11.3 Å². The van der Waals surface area contributed by atoms with Gasteiger partial charge in [-0.3, -0.25) is 9.52 Å². The van der Waals surface area contributed by atoms with E-state index in [1.807, 2.05) is 5.38 Å². The summed E-state index contributed by atoms with van der Waals surface area (Å²) >= 11 is 7.14. The van der Waals surface area contributed by atoms with Crippen LogP contribution < -0.4 is 10.0 Å². The summed E-state index contributed by atoms with van der Waals surface area (Å²) in [4.78, 5) is 20.8. The summed E-state index contributed by atoms with van der Waals surface area (Å²) in [5.74, 6) is -0.194. The fourth-order valence-corrected chi connectivity index (χ4v) is 3.96. The molecule has 28 heavy (non-hydrogen) atoms. The zero-order valence-electron chi connectivity index (χ0n) is 15.1. The Morgan fingerprint density at radius 2 is 1.86 bits per heavy atom.